The molecular weight excluding hydrogens is 324 g/mol. The Balaban J connectivity index is 1.73. The van der Waals surface area contributed by atoms with E-state index in [9.17, 15) is 8.42 Å². The average Bonchev–Trinajstić information content (AvgIpc) is 2.63. The van der Waals surface area contributed by atoms with Crippen LogP contribution in [-0.2, 0) is 16.6 Å². The summed E-state index contributed by atoms with van der Waals surface area (Å²) in [6, 6.07) is 7.41. The number of nitrogens with one attached hydrogen (secondary N) is 1. The maximum Gasteiger partial charge on any atom is 0.274 e. The second-order valence-electron chi connectivity index (χ2n) is 6.09. The molecule has 3 rings (SSSR count). The van der Waals surface area contributed by atoms with Gasteiger partial charge in [-0.25, -0.2) is 13.4 Å². The number of hydrogen-bond acceptors (Lipinski definition) is 4. The number of aromatic nitrogens is 2. The third-order valence-corrected chi connectivity index (χ3v) is 6.17. The predicted molar refractivity (Wildman–Crippen MR) is 92.0 cm³/mol. The van der Waals surface area contributed by atoms with Crippen LogP contribution in [0.4, 0.5) is 5.82 Å². The summed E-state index contributed by atoms with van der Waals surface area (Å²) in [4.78, 5) is 9.55. The van der Waals surface area contributed by atoms with Gasteiger partial charge in [-0.1, -0.05) is 12.5 Å². The standard InChI is InChI=1S/C17H22N4O2S/c1-20(14-15-6-5-9-18-12-15)17-8-7-16(13-19-17)24(22,23)21-10-3-2-4-11-21/h5-9,12-13H,2-4,10-11,14H2,1H3/p+1. The zero-order chi connectivity index (χ0) is 17.0. The molecule has 1 saturated heterocycles. The molecule has 1 N–H and O–H groups in total. The zero-order valence-corrected chi connectivity index (χ0v) is 14.7. The number of H-pyrrole nitrogens is 1. The Bertz CT molecular complexity index is 757. The normalized spacial score (nSPS) is 16.0. The molecule has 0 amide bonds. The Morgan fingerprint density at radius 3 is 2.62 bits per heavy atom. The predicted octanol–water partition coefficient (Wildman–Crippen LogP) is 1.71. The monoisotopic (exact) mass is 347 g/mol. The number of rotatable bonds is 5. The highest BCUT2D eigenvalue weighted by Crippen LogP contribution is 2.20. The van der Waals surface area contributed by atoms with Gasteiger partial charge in [0.2, 0.25) is 10.0 Å². The summed E-state index contributed by atoms with van der Waals surface area (Å²) in [7, 11) is -1.43. The van der Waals surface area contributed by atoms with Gasteiger partial charge in [-0.3, -0.25) is 9.88 Å². The van der Waals surface area contributed by atoms with E-state index in [-0.39, 0.29) is 0 Å². The van der Waals surface area contributed by atoms with E-state index in [1.807, 2.05) is 36.3 Å². The number of piperidine rings is 1. The Labute approximate surface area is 143 Å². The Kier molecular flexibility index (Phi) is 5.11. The van der Waals surface area contributed by atoms with Crippen LogP contribution in [0.5, 0.6) is 0 Å². The largest absolute Gasteiger partial charge is 0.274 e. The van der Waals surface area contributed by atoms with Crippen molar-refractivity contribution < 1.29 is 13.4 Å². The molecular formula is C17H23N4O2S+. The lowest BCUT2D eigenvalue weighted by Gasteiger charge is -2.25. The second-order valence-corrected chi connectivity index (χ2v) is 8.03. The fourth-order valence-corrected chi connectivity index (χ4v) is 4.39. The van der Waals surface area contributed by atoms with Crippen molar-refractivity contribution in [1.29, 1.82) is 0 Å². The Morgan fingerprint density at radius 1 is 1.21 bits per heavy atom. The molecule has 24 heavy (non-hydrogen) atoms. The van der Waals surface area contributed by atoms with E-state index in [1.54, 1.807) is 22.8 Å². The minimum atomic E-state index is -3.39. The van der Waals surface area contributed by atoms with E-state index in [1.165, 1.54) is 0 Å². The molecule has 0 atom stereocenters. The van der Waals surface area contributed by atoms with Gasteiger partial charge in [0.1, 0.15) is 17.6 Å². The molecule has 6 nitrogen and oxygen atoms in total. The fourth-order valence-electron chi connectivity index (χ4n) is 2.91. The first kappa shape index (κ1) is 16.9. The first-order valence-electron chi connectivity index (χ1n) is 8.19. The molecule has 1 aliphatic heterocycles. The van der Waals surface area contributed by atoms with Crippen molar-refractivity contribution in [3.63, 3.8) is 0 Å². The van der Waals surface area contributed by atoms with Crippen molar-refractivity contribution in [2.45, 2.75) is 30.7 Å². The van der Waals surface area contributed by atoms with Gasteiger partial charge < -0.3 is 0 Å². The molecule has 128 valence electrons. The average molecular weight is 347 g/mol. The molecule has 0 bridgehead atoms. The number of aromatic amines is 1. The van der Waals surface area contributed by atoms with Gasteiger partial charge in [-0.05, 0) is 25.0 Å². The maximum atomic E-state index is 12.6. The SMILES string of the molecule is CN(Cc1cccnc1)c1ccc(S(=O)(=O)N2CCCCC2)c[nH+]1. The van der Waals surface area contributed by atoms with Crippen molar-refractivity contribution in [2.24, 2.45) is 0 Å². The summed E-state index contributed by atoms with van der Waals surface area (Å²) < 4.78 is 26.9. The molecule has 3 heterocycles. The third kappa shape index (κ3) is 3.73. The van der Waals surface area contributed by atoms with Crippen LogP contribution in [0, 0.1) is 0 Å². The summed E-state index contributed by atoms with van der Waals surface area (Å²) in [6.07, 6.45) is 8.14. The van der Waals surface area contributed by atoms with E-state index in [4.69, 9.17) is 0 Å². The van der Waals surface area contributed by atoms with Crippen LogP contribution >= 0.6 is 0 Å². The van der Waals surface area contributed by atoms with Gasteiger partial charge in [0.25, 0.3) is 5.82 Å². The zero-order valence-electron chi connectivity index (χ0n) is 13.9. The van der Waals surface area contributed by atoms with E-state index < -0.39 is 10.0 Å². The number of anilines is 1. The topological polar surface area (TPSA) is 67.7 Å². The summed E-state index contributed by atoms with van der Waals surface area (Å²) in [6.45, 7) is 1.93. The van der Waals surface area contributed by atoms with Crippen molar-refractivity contribution >= 4 is 15.8 Å². The molecule has 1 aliphatic rings. The van der Waals surface area contributed by atoms with E-state index in [2.05, 4.69) is 9.97 Å². The fraction of sp³-hybridized carbons (Fsp3) is 0.412. The molecule has 0 aromatic carbocycles. The van der Waals surface area contributed by atoms with Gasteiger partial charge in [-0.15, -0.1) is 0 Å². The minimum Gasteiger partial charge on any atom is -0.264 e. The molecule has 0 aliphatic carbocycles. The molecule has 0 spiro atoms. The van der Waals surface area contributed by atoms with Gasteiger partial charge >= 0.3 is 0 Å². The van der Waals surface area contributed by atoms with E-state index in [0.29, 0.717) is 24.5 Å². The van der Waals surface area contributed by atoms with Crippen LogP contribution in [0.2, 0.25) is 0 Å². The summed E-state index contributed by atoms with van der Waals surface area (Å²) in [5.74, 6) is 0.858. The lowest BCUT2D eigenvalue weighted by Crippen LogP contribution is -2.36. The van der Waals surface area contributed by atoms with Crippen LogP contribution < -0.4 is 9.88 Å². The minimum absolute atomic E-state index is 0.322. The molecule has 0 saturated carbocycles. The molecule has 7 heteroatoms. The smallest absolute Gasteiger partial charge is 0.264 e. The number of hydrogen-bond donors (Lipinski definition) is 0. The van der Waals surface area contributed by atoms with Gasteiger partial charge in [0, 0.05) is 37.1 Å². The van der Waals surface area contributed by atoms with Crippen molar-refractivity contribution in [3.8, 4) is 0 Å². The molecule has 0 radical (unpaired) electrons. The van der Waals surface area contributed by atoms with Crippen LogP contribution in [0.3, 0.4) is 0 Å². The van der Waals surface area contributed by atoms with Crippen molar-refractivity contribution in [1.82, 2.24) is 9.29 Å². The maximum absolute atomic E-state index is 12.6. The molecule has 1 fully saturated rings. The van der Waals surface area contributed by atoms with Gasteiger partial charge in [-0.2, -0.15) is 4.31 Å². The third-order valence-electron chi connectivity index (χ3n) is 4.27. The second kappa shape index (κ2) is 7.27. The lowest BCUT2D eigenvalue weighted by molar-refractivity contribution is -0.367. The summed E-state index contributed by atoms with van der Waals surface area (Å²) in [5.41, 5.74) is 1.10. The molecule has 2 aromatic rings. The first-order chi connectivity index (χ1) is 11.6. The molecule has 0 unspecified atom stereocenters. The number of nitrogens with zero attached hydrogens (tertiary/aromatic N) is 3. The highest BCUT2D eigenvalue weighted by Gasteiger charge is 2.27. The van der Waals surface area contributed by atoms with Crippen molar-refractivity contribution in [2.75, 3.05) is 25.0 Å². The van der Waals surface area contributed by atoms with Gasteiger partial charge in [0.05, 0.1) is 7.05 Å². The summed E-state index contributed by atoms with van der Waals surface area (Å²) in [5, 5.41) is 0. The van der Waals surface area contributed by atoms with Crippen LogP contribution in [0.25, 0.3) is 0 Å². The highest BCUT2D eigenvalue weighted by molar-refractivity contribution is 7.89. The van der Waals surface area contributed by atoms with Crippen LogP contribution in [0.1, 0.15) is 24.8 Å². The van der Waals surface area contributed by atoms with Gasteiger partial charge in [0.15, 0.2) is 0 Å². The first-order valence-corrected chi connectivity index (χ1v) is 9.63. The van der Waals surface area contributed by atoms with Crippen LogP contribution in [0.15, 0.2) is 47.8 Å². The van der Waals surface area contributed by atoms with E-state index in [0.717, 1.165) is 30.6 Å². The number of pyridine rings is 2. The summed E-state index contributed by atoms with van der Waals surface area (Å²) >= 11 is 0. The highest BCUT2D eigenvalue weighted by atomic mass is 32.2. The van der Waals surface area contributed by atoms with Crippen molar-refractivity contribution in [3.05, 3.63) is 48.4 Å². The van der Waals surface area contributed by atoms with Crippen LogP contribution in [-0.4, -0.2) is 37.8 Å². The van der Waals surface area contributed by atoms with E-state index >= 15 is 0 Å². The molecule has 2 aromatic heterocycles. The number of sulfonamides is 1. The Hall–Kier alpha value is -1.99. The quantitative estimate of drug-likeness (QED) is 0.826. The Morgan fingerprint density at radius 2 is 2.00 bits per heavy atom. The lowest BCUT2D eigenvalue weighted by atomic mass is 10.2.